The molecule has 0 radical (unpaired) electrons. The molecule has 0 saturated heterocycles. The van der Waals surface area contributed by atoms with E-state index in [9.17, 15) is 0 Å². The van der Waals surface area contributed by atoms with Crippen LogP contribution in [-0.4, -0.2) is 12.7 Å². The first-order chi connectivity index (χ1) is 7.83. The van der Waals surface area contributed by atoms with Gasteiger partial charge in [0.05, 0.1) is 6.10 Å². The maximum Gasteiger partial charge on any atom is 0.0547 e. The molecular weight excluding hydrogens is 196 g/mol. The Bertz CT molecular complexity index is 255. The van der Waals surface area contributed by atoms with Crippen molar-refractivity contribution in [3.05, 3.63) is 35.9 Å². The number of hydrogen-bond donors (Lipinski definition) is 0. The molecule has 90 valence electrons. The summed E-state index contributed by atoms with van der Waals surface area (Å²) in [4.78, 5) is 0. The third-order valence-electron chi connectivity index (χ3n) is 2.82. The van der Waals surface area contributed by atoms with Crippen molar-refractivity contribution >= 4 is 0 Å². The molecule has 1 aromatic rings. The van der Waals surface area contributed by atoms with Gasteiger partial charge in [0.15, 0.2) is 0 Å². The van der Waals surface area contributed by atoms with Gasteiger partial charge in [-0.2, -0.15) is 0 Å². The Morgan fingerprint density at radius 3 is 2.56 bits per heavy atom. The normalized spacial score (nSPS) is 12.6. The predicted molar refractivity (Wildman–Crippen MR) is 69.7 cm³/mol. The van der Waals surface area contributed by atoms with Crippen LogP contribution in [0.3, 0.4) is 0 Å². The molecule has 1 heteroatoms. The molecule has 0 heterocycles. The number of hydrogen-bond acceptors (Lipinski definition) is 1. The average Bonchev–Trinajstić information content (AvgIpc) is 2.31. The number of ether oxygens (including phenoxy) is 1. The van der Waals surface area contributed by atoms with Crippen LogP contribution in [0, 0.1) is 0 Å². The summed E-state index contributed by atoms with van der Waals surface area (Å²) in [6, 6.07) is 10.7. The van der Waals surface area contributed by atoms with Crippen molar-refractivity contribution in [3.8, 4) is 0 Å². The zero-order valence-electron chi connectivity index (χ0n) is 10.6. The third kappa shape index (κ3) is 5.92. The third-order valence-corrected chi connectivity index (χ3v) is 2.82. The van der Waals surface area contributed by atoms with Gasteiger partial charge in [0.1, 0.15) is 0 Å². The number of rotatable bonds is 8. The highest BCUT2D eigenvalue weighted by atomic mass is 16.5. The van der Waals surface area contributed by atoms with Gasteiger partial charge in [-0.05, 0) is 38.2 Å². The van der Waals surface area contributed by atoms with E-state index >= 15 is 0 Å². The van der Waals surface area contributed by atoms with Crippen LogP contribution in [-0.2, 0) is 11.2 Å². The fourth-order valence-corrected chi connectivity index (χ4v) is 1.75. The summed E-state index contributed by atoms with van der Waals surface area (Å²) in [5, 5.41) is 0. The second-order valence-corrected chi connectivity index (χ2v) is 4.41. The van der Waals surface area contributed by atoms with Crippen LogP contribution in [0.4, 0.5) is 0 Å². The number of aryl methyl sites for hydroxylation is 1. The summed E-state index contributed by atoms with van der Waals surface area (Å²) < 4.78 is 5.72. The van der Waals surface area contributed by atoms with Crippen LogP contribution in [0.25, 0.3) is 0 Å². The minimum Gasteiger partial charge on any atom is -0.379 e. The first kappa shape index (κ1) is 13.2. The lowest BCUT2D eigenvalue weighted by Crippen LogP contribution is -2.09. The fraction of sp³-hybridized carbons (Fsp3) is 0.600. The van der Waals surface area contributed by atoms with Crippen LogP contribution in [0.2, 0.25) is 0 Å². The molecule has 16 heavy (non-hydrogen) atoms. The summed E-state index contributed by atoms with van der Waals surface area (Å²) in [6.07, 6.45) is 6.37. The van der Waals surface area contributed by atoms with Gasteiger partial charge in [-0.25, -0.2) is 0 Å². The molecule has 1 rings (SSSR count). The van der Waals surface area contributed by atoms with Crippen LogP contribution < -0.4 is 0 Å². The zero-order chi connectivity index (χ0) is 11.6. The summed E-state index contributed by atoms with van der Waals surface area (Å²) in [5.74, 6) is 0. The predicted octanol–water partition coefficient (Wildman–Crippen LogP) is 4.21. The van der Waals surface area contributed by atoms with E-state index in [0.717, 1.165) is 6.61 Å². The monoisotopic (exact) mass is 220 g/mol. The van der Waals surface area contributed by atoms with Gasteiger partial charge in [-0.15, -0.1) is 0 Å². The van der Waals surface area contributed by atoms with Crippen LogP contribution in [0.15, 0.2) is 30.3 Å². The van der Waals surface area contributed by atoms with Crippen LogP contribution in [0.1, 0.15) is 45.1 Å². The van der Waals surface area contributed by atoms with Gasteiger partial charge in [0, 0.05) is 6.61 Å². The van der Waals surface area contributed by atoms with Crippen molar-refractivity contribution in [2.24, 2.45) is 0 Å². The van der Waals surface area contributed by atoms with E-state index in [-0.39, 0.29) is 0 Å². The Kier molecular flexibility index (Phi) is 6.91. The maximum atomic E-state index is 5.72. The standard InChI is InChI=1S/C15H24O/c1-3-4-13-16-14(2)9-8-12-15-10-6-5-7-11-15/h5-7,10-11,14H,3-4,8-9,12-13H2,1-2H3. The molecule has 0 aliphatic carbocycles. The van der Waals surface area contributed by atoms with E-state index < -0.39 is 0 Å². The van der Waals surface area contributed by atoms with Crippen molar-refractivity contribution < 1.29 is 4.74 Å². The van der Waals surface area contributed by atoms with E-state index in [1.165, 1.54) is 37.7 Å². The quantitative estimate of drug-likeness (QED) is 0.596. The molecular formula is C15H24O. The molecule has 1 atom stereocenters. The SMILES string of the molecule is CCCCOC(C)CCCc1ccccc1. The highest BCUT2D eigenvalue weighted by molar-refractivity contribution is 5.14. The van der Waals surface area contributed by atoms with Gasteiger partial charge in [0.25, 0.3) is 0 Å². The first-order valence-electron chi connectivity index (χ1n) is 6.48. The Morgan fingerprint density at radius 1 is 1.12 bits per heavy atom. The smallest absolute Gasteiger partial charge is 0.0547 e. The number of unbranched alkanes of at least 4 members (excludes halogenated alkanes) is 1. The molecule has 1 aromatic carbocycles. The van der Waals surface area contributed by atoms with Gasteiger partial charge in [0.2, 0.25) is 0 Å². The lowest BCUT2D eigenvalue weighted by molar-refractivity contribution is 0.0571. The molecule has 0 N–H and O–H groups in total. The molecule has 0 saturated carbocycles. The average molecular weight is 220 g/mol. The van der Waals surface area contributed by atoms with Gasteiger partial charge < -0.3 is 4.74 Å². The second kappa shape index (κ2) is 8.35. The Labute approximate surface area is 99.8 Å². The molecule has 0 aromatic heterocycles. The van der Waals surface area contributed by atoms with E-state index in [1.54, 1.807) is 0 Å². The van der Waals surface area contributed by atoms with Crippen LogP contribution in [0.5, 0.6) is 0 Å². The highest BCUT2D eigenvalue weighted by Gasteiger charge is 2.01. The second-order valence-electron chi connectivity index (χ2n) is 4.41. The fourth-order valence-electron chi connectivity index (χ4n) is 1.75. The molecule has 0 amide bonds. The van der Waals surface area contributed by atoms with E-state index in [2.05, 4.69) is 44.2 Å². The molecule has 1 unspecified atom stereocenters. The van der Waals surface area contributed by atoms with Crippen molar-refractivity contribution in [2.45, 2.75) is 52.1 Å². The number of benzene rings is 1. The maximum absolute atomic E-state index is 5.72. The van der Waals surface area contributed by atoms with E-state index in [0.29, 0.717) is 6.10 Å². The van der Waals surface area contributed by atoms with Crippen molar-refractivity contribution in [1.82, 2.24) is 0 Å². The molecule has 0 aliphatic rings. The summed E-state index contributed by atoms with van der Waals surface area (Å²) >= 11 is 0. The Balaban J connectivity index is 2.06. The van der Waals surface area contributed by atoms with Crippen LogP contribution >= 0.6 is 0 Å². The first-order valence-corrected chi connectivity index (χ1v) is 6.48. The molecule has 1 nitrogen and oxygen atoms in total. The summed E-state index contributed by atoms with van der Waals surface area (Å²) in [6.45, 7) is 5.30. The van der Waals surface area contributed by atoms with Gasteiger partial charge in [-0.3, -0.25) is 0 Å². The molecule has 0 fully saturated rings. The van der Waals surface area contributed by atoms with Crippen molar-refractivity contribution in [2.75, 3.05) is 6.61 Å². The van der Waals surface area contributed by atoms with Gasteiger partial charge in [-0.1, -0.05) is 43.7 Å². The van der Waals surface area contributed by atoms with E-state index in [1.807, 2.05) is 0 Å². The largest absolute Gasteiger partial charge is 0.379 e. The Hall–Kier alpha value is -0.820. The van der Waals surface area contributed by atoms with Crippen molar-refractivity contribution in [3.63, 3.8) is 0 Å². The minimum absolute atomic E-state index is 0.412. The molecule has 0 spiro atoms. The Morgan fingerprint density at radius 2 is 1.88 bits per heavy atom. The minimum atomic E-state index is 0.412. The summed E-state index contributed by atoms with van der Waals surface area (Å²) in [5.41, 5.74) is 1.43. The molecule has 0 bridgehead atoms. The van der Waals surface area contributed by atoms with Gasteiger partial charge >= 0.3 is 0 Å². The van der Waals surface area contributed by atoms with E-state index in [4.69, 9.17) is 4.74 Å². The highest BCUT2D eigenvalue weighted by Crippen LogP contribution is 2.08. The summed E-state index contributed by atoms with van der Waals surface area (Å²) in [7, 11) is 0. The lowest BCUT2D eigenvalue weighted by Gasteiger charge is -2.12. The molecule has 0 aliphatic heterocycles. The topological polar surface area (TPSA) is 9.23 Å². The zero-order valence-corrected chi connectivity index (χ0v) is 10.6. The van der Waals surface area contributed by atoms with Crippen molar-refractivity contribution in [1.29, 1.82) is 0 Å². The lowest BCUT2D eigenvalue weighted by atomic mass is 10.1.